The van der Waals surface area contributed by atoms with Gasteiger partial charge in [-0.25, -0.2) is 0 Å². The highest BCUT2D eigenvalue weighted by molar-refractivity contribution is 4.72. The summed E-state index contributed by atoms with van der Waals surface area (Å²) in [5.41, 5.74) is 5.55. The SMILES string of the molecule is CCC(CCN)N1CCOCC1. The van der Waals surface area contributed by atoms with Gasteiger partial charge in [0.1, 0.15) is 0 Å². The van der Waals surface area contributed by atoms with E-state index in [4.69, 9.17) is 10.5 Å². The molecule has 3 heteroatoms. The molecule has 72 valence electrons. The minimum Gasteiger partial charge on any atom is -0.379 e. The molecule has 0 aromatic carbocycles. The van der Waals surface area contributed by atoms with E-state index < -0.39 is 0 Å². The molecule has 0 amide bonds. The molecule has 2 N–H and O–H groups in total. The van der Waals surface area contributed by atoms with E-state index in [2.05, 4.69) is 11.8 Å². The molecule has 1 saturated heterocycles. The van der Waals surface area contributed by atoms with E-state index in [0.29, 0.717) is 6.04 Å². The molecule has 0 aromatic rings. The second-order valence-corrected chi connectivity index (χ2v) is 3.29. The molecule has 12 heavy (non-hydrogen) atoms. The van der Waals surface area contributed by atoms with Crippen molar-refractivity contribution in [2.75, 3.05) is 32.8 Å². The van der Waals surface area contributed by atoms with Gasteiger partial charge in [0.2, 0.25) is 0 Å². The van der Waals surface area contributed by atoms with Gasteiger partial charge >= 0.3 is 0 Å². The van der Waals surface area contributed by atoms with Crippen molar-refractivity contribution >= 4 is 0 Å². The number of nitrogens with two attached hydrogens (primary N) is 1. The Labute approximate surface area is 74.9 Å². The quantitative estimate of drug-likeness (QED) is 0.669. The Morgan fingerprint density at radius 1 is 1.42 bits per heavy atom. The van der Waals surface area contributed by atoms with Crippen LogP contribution in [0, 0.1) is 0 Å². The number of hydrogen-bond acceptors (Lipinski definition) is 3. The first-order valence-corrected chi connectivity index (χ1v) is 4.90. The van der Waals surface area contributed by atoms with Crippen molar-refractivity contribution in [3.05, 3.63) is 0 Å². The van der Waals surface area contributed by atoms with Crippen LogP contribution in [-0.4, -0.2) is 43.8 Å². The Morgan fingerprint density at radius 3 is 2.58 bits per heavy atom. The molecule has 1 atom stereocenters. The van der Waals surface area contributed by atoms with E-state index in [9.17, 15) is 0 Å². The van der Waals surface area contributed by atoms with Crippen molar-refractivity contribution in [2.24, 2.45) is 5.73 Å². The number of ether oxygens (including phenoxy) is 1. The van der Waals surface area contributed by atoms with Crippen LogP contribution >= 0.6 is 0 Å². The molecule has 0 radical (unpaired) electrons. The van der Waals surface area contributed by atoms with Crippen molar-refractivity contribution in [3.63, 3.8) is 0 Å². The third kappa shape index (κ3) is 2.73. The summed E-state index contributed by atoms with van der Waals surface area (Å²) >= 11 is 0. The highest BCUT2D eigenvalue weighted by Crippen LogP contribution is 2.09. The smallest absolute Gasteiger partial charge is 0.0594 e. The first kappa shape index (κ1) is 9.96. The summed E-state index contributed by atoms with van der Waals surface area (Å²) in [5, 5.41) is 0. The van der Waals surface area contributed by atoms with Crippen LogP contribution in [0.25, 0.3) is 0 Å². The minimum absolute atomic E-state index is 0.680. The van der Waals surface area contributed by atoms with Crippen molar-refractivity contribution in [1.29, 1.82) is 0 Å². The van der Waals surface area contributed by atoms with Gasteiger partial charge in [-0.15, -0.1) is 0 Å². The van der Waals surface area contributed by atoms with Crippen molar-refractivity contribution < 1.29 is 4.74 Å². The lowest BCUT2D eigenvalue weighted by atomic mass is 10.1. The van der Waals surface area contributed by atoms with Crippen LogP contribution in [0.5, 0.6) is 0 Å². The molecule has 0 aromatic heterocycles. The minimum atomic E-state index is 0.680. The standard InChI is InChI=1S/C9H20N2O/c1-2-9(3-4-10)11-5-7-12-8-6-11/h9H,2-8,10H2,1H3. The topological polar surface area (TPSA) is 38.5 Å². The maximum Gasteiger partial charge on any atom is 0.0594 e. The first-order valence-electron chi connectivity index (χ1n) is 4.90. The van der Waals surface area contributed by atoms with Crippen LogP contribution in [-0.2, 0) is 4.74 Å². The summed E-state index contributed by atoms with van der Waals surface area (Å²) in [4.78, 5) is 2.50. The molecule has 0 saturated carbocycles. The first-order chi connectivity index (χ1) is 5.88. The van der Waals surface area contributed by atoms with Gasteiger partial charge in [-0.05, 0) is 19.4 Å². The maximum atomic E-state index is 5.55. The molecule has 1 rings (SSSR count). The Balaban J connectivity index is 2.29. The summed E-state index contributed by atoms with van der Waals surface area (Å²) in [7, 11) is 0. The third-order valence-electron chi connectivity index (χ3n) is 2.53. The molecular weight excluding hydrogens is 152 g/mol. The van der Waals surface area contributed by atoms with E-state index in [1.54, 1.807) is 0 Å². The van der Waals surface area contributed by atoms with Crippen LogP contribution in [0.1, 0.15) is 19.8 Å². The lowest BCUT2D eigenvalue weighted by Crippen LogP contribution is -2.44. The summed E-state index contributed by atoms with van der Waals surface area (Å²) in [5.74, 6) is 0. The highest BCUT2D eigenvalue weighted by atomic mass is 16.5. The fourth-order valence-corrected chi connectivity index (χ4v) is 1.78. The molecule has 0 aliphatic carbocycles. The van der Waals surface area contributed by atoms with E-state index in [-0.39, 0.29) is 0 Å². The zero-order valence-electron chi connectivity index (χ0n) is 7.96. The number of rotatable bonds is 4. The normalized spacial score (nSPS) is 22.5. The van der Waals surface area contributed by atoms with E-state index in [1.165, 1.54) is 6.42 Å². The summed E-state index contributed by atoms with van der Waals surface area (Å²) in [6, 6.07) is 0.680. The van der Waals surface area contributed by atoms with Crippen molar-refractivity contribution in [3.8, 4) is 0 Å². The summed E-state index contributed by atoms with van der Waals surface area (Å²) in [6.45, 7) is 6.98. The largest absolute Gasteiger partial charge is 0.379 e. The van der Waals surface area contributed by atoms with Crippen LogP contribution in [0.2, 0.25) is 0 Å². The Hall–Kier alpha value is -0.120. The monoisotopic (exact) mass is 172 g/mol. The number of hydrogen-bond donors (Lipinski definition) is 1. The fraction of sp³-hybridized carbons (Fsp3) is 1.00. The van der Waals surface area contributed by atoms with Gasteiger partial charge in [0, 0.05) is 19.1 Å². The van der Waals surface area contributed by atoms with Crippen LogP contribution in [0.4, 0.5) is 0 Å². The van der Waals surface area contributed by atoms with Crippen LogP contribution < -0.4 is 5.73 Å². The van der Waals surface area contributed by atoms with Crippen molar-refractivity contribution in [2.45, 2.75) is 25.8 Å². The Bertz CT molecular complexity index is 110. The summed E-state index contributed by atoms with van der Waals surface area (Å²) in [6.07, 6.45) is 2.33. The maximum absolute atomic E-state index is 5.55. The summed E-state index contributed by atoms with van der Waals surface area (Å²) < 4.78 is 5.30. The molecule has 1 heterocycles. The zero-order chi connectivity index (χ0) is 8.81. The average Bonchev–Trinajstić information content (AvgIpc) is 2.15. The average molecular weight is 172 g/mol. The molecule has 1 aliphatic rings. The van der Waals surface area contributed by atoms with E-state index >= 15 is 0 Å². The molecule has 1 fully saturated rings. The second kappa shape index (κ2) is 5.51. The van der Waals surface area contributed by atoms with Gasteiger partial charge in [-0.2, -0.15) is 0 Å². The predicted molar refractivity (Wildman–Crippen MR) is 50.1 cm³/mol. The highest BCUT2D eigenvalue weighted by Gasteiger charge is 2.17. The predicted octanol–water partition coefficient (Wildman–Crippen LogP) is 0.446. The second-order valence-electron chi connectivity index (χ2n) is 3.29. The number of morpholine rings is 1. The van der Waals surface area contributed by atoms with Crippen molar-refractivity contribution in [1.82, 2.24) is 4.90 Å². The molecule has 0 spiro atoms. The Morgan fingerprint density at radius 2 is 2.08 bits per heavy atom. The van der Waals surface area contributed by atoms with Crippen LogP contribution in [0.3, 0.4) is 0 Å². The van der Waals surface area contributed by atoms with Gasteiger partial charge in [0.25, 0.3) is 0 Å². The molecule has 1 unspecified atom stereocenters. The third-order valence-corrected chi connectivity index (χ3v) is 2.53. The molecule has 0 bridgehead atoms. The molecular formula is C9H20N2O. The van der Waals surface area contributed by atoms with Gasteiger partial charge in [-0.3, -0.25) is 4.90 Å². The van der Waals surface area contributed by atoms with Gasteiger partial charge < -0.3 is 10.5 Å². The van der Waals surface area contributed by atoms with Crippen LogP contribution in [0.15, 0.2) is 0 Å². The fourth-order valence-electron chi connectivity index (χ4n) is 1.78. The zero-order valence-corrected chi connectivity index (χ0v) is 7.96. The van der Waals surface area contributed by atoms with Gasteiger partial charge in [0.05, 0.1) is 13.2 Å². The van der Waals surface area contributed by atoms with E-state index in [1.807, 2.05) is 0 Å². The lowest BCUT2D eigenvalue weighted by molar-refractivity contribution is 0.0145. The van der Waals surface area contributed by atoms with Gasteiger partial charge in [-0.1, -0.05) is 6.92 Å². The Kier molecular flexibility index (Phi) is 4.58. The van der Waals surface area contributed by atoms with Gasteiger partial charge in [0.15, 0.2) is 0 Å². The number of nitrogens with zero attached hydrogens (tertiary/aromatic N) is 1. The van der Waals surface area contributed by atoms with E-state index in [0.717, 1.165) is 39.3 Å². The molecule has 3 nitrogen and oxygen atoms in total. The lowest BCUT2D eigenvalue weighted by Gasteiger charge is -2.33. The molecule has 1 aliphatic heterocycles.